The molecule has 0 bridgehead atoms. The molecule has 1 saturated heterocycles. The van der Waals surface area contributed by atoms with Gasteiger partial charge in [-0.3, -0.25) is 4.79 Å². The van der Waals surface area contributed by atoms with Crippen LogP contribution in [0.4, 0.5) is 0 Å². The molecule has 1 aliphatic rings. The average Bonchev–Trinajstić information content (AvgIpc) is 2.43. The number of hydrogen-bond acceptors (Lipinski definition) is 4. The normalized spacial score (nSPS) is 23.8. The third-order valence-electron chi connectivity index (χ3n) is 4.45. The van der Waals surface area contributed by atoms with Crippen molar-refractivity contribution in [1.82, 2.24) is 15.1 Å². The first kappa shape index (κ1) is 17.4. The lowest BCUT2D eigenvalue weighted by Gasteiger charge is -2.38. The van der Waals surface area contributed by atoms with Crippen LogP contribution in [0.25, 0.3) is 0 Å². The second-order valence-corrected chi connectivity index (χ2v) is 6.43. The van der Waals surface area contributed by atoms with Gasteiger partial charge < -0.3 is 20.9 Å². The van der Waals surface area contributed by atoms with E-state index < -0.39 is 5.54 Å². The second kappa shape index (κ2) is 7.96. The highest BCUT2D eigenvalue weighted by Gasteiger charge is 2.31. The van der Waals surface area contributed by atoms with Gasteiger partial charge >= 0.3 is 0 Å². The summed E-state index contributed by atoms with van der Waals surface area (Å²) in [4.78, 5) is 16.5. The average molecular weight is 284 g/mol. The van der Waals surface area contributed by atoms with Crippen molar-refractivity contribution >= 4 is 5.91 Å². The fourth-order valence-electron chi connectivity index (χ4n) is 2.74. The van der Waals surface area contributed by atoms with Crippen LogP contribution in [0.2, 0.25) is 0 Å². The Morgan fingerprint density at radius 1 is 1.50 bits per heavy atom. The molecule has 0 aromatic carbocycles. The number of nitrogens with one attached hydrogen (secondary N) is 1. The van der Waals surface area contributed by atoms with Gasteiger partial charge in [0.25, 0.3) is 0 Å². The number of nitrogens with two attached hydrogens (primary N) is 1. The Bertz CT molecular complexity index is 308. The lowest BCUT2D eigenvalue weighted by atomic mass is 9.95. The summed E-state index contributed by atoms with van der Waals surface area (Å²) >= 11 is 0. The molecular formula is C15H32N4O. The van der Waals surface area contributed by atoms with Gasteiger partial charge in [0.15, 0.2) is 0 Å². The molecule has 2 atom stereocenters. The first-order chi connectivity index (χ1) is 9.39. The SMILES string of the molecule is CCCNC(C)(CCN1CCCC(N(C)C)C1)C(N)=O. The molecular weight excluding hydrogens is 252 g/mol. The van der Waals surface area contributed by atoms with E-state index in [4.69, 9.17) is 5.73 Å². The number of carbonyl (C=O) groups excluding carboxylic acids is 1. The molecule has 1 amide bonds. The van der Waals surface area contributed by atoms with E-state index in [-0.39, 0.29) is 5.91 Å². The number of carbonyl (C=O) groups is 1. The van der Waals surface area contributed by atoms with Gasteiger partial charge in [-0.25, -0.2) is 0 Å². The van der Waals surface area contributed by atoms with Crippen LogP contribution in [0.1, 0.15) is 39.5 Å². The zero-order chi connectivity index (χ0) is 15.2. The molecule has 1 fully saturated rings. The molecule has 0 radical (unpaired) electrons. The number of rotatable bonds is 8. The largest absolute Gasteiger partial charge is 0.368 e. The molecule has 5 heteroatoms. The fraction of sp³-hybridized carbons (Fsp3) is 0.933. The van der Waals surface area contributed by atoms with E-state index in [0.717, 1.165) is 39.0 Å². The highest BCUT2D eigenvalue weighted by atomic mass is 16.1. The van der Waals surface area contributed by atoms with Gasteiger partial charge in [0.05, 0.1) is 5.54 Å². The molecule has 0 aromatic heterocycles. The smallest absolute Gasteiger partial charge is 0.237 e. The Morgan fingerprint density at radius 3 is 2.75 bits per heavy atom. The van der Waals surface area contributed by atoms with Crippen LogP contribution >= 0.6 is 0 Å². The van der Waals surface area contributed by atoms with Crippen molar-refractivity contribution in [3.8, 4) is 0 Å². The summed E-state index contributed by atoms with van der Waals surface area (Å²) in [5.41, 5.74) is 4.99. The predicted octanol–water partition coefficient (Wildman–Crippen LogP) is 0.646. The van der Waals surface area contributed by atoms with Crippen LogP contribution in [0.3, 0.4) is 0 Å². The first-order valence-electron chi connectivity index (χ1n) is 7.82. The van der Waals surface area contributed by atoms with Gasteiger partial charge in [-0.1, -0.05) is 6.92 Å². The molecule has 5 nitrogen and oxygen atoms in total. The summed E-state index contributed by atoms with van der Waals surface area (Å²) in [5.74, 6) is -0.243. The number of piperidine rings is 1. The first-order valence-corrected chi connectivity index (χ1v) is 7.82. The molecule has 0 aromatic rings. The van der Waals surface area contributed by atoms with Crippen molar-refractivity contribution in [2.24, 2.45) is 5.73 Å². The molecule has 0 spiro atoms. The molecule has 0 saturated carbocycles. The molecule has 0 aliphatic carbocycles. The number of primary amides is 1. The van der Waals surface area contributed by atoms with Crippen LogP contribution in [0.5, 0.6) is 0 Å². The fourth-order valence-corrected chi connectivity index (χ4v) is 2.74. The Labute approximate surface area is 123 Å². The van der Waals surface area contributed by atoms with E-state index in [0.29, 0.717) is 6.04 Å². The maximum Gasteiger partial charge on any atom is 0.237 e. The molecule has 2 unspecified atom stereocenters. The summed E-state index contributed by atoms with van der Waals surface area (Å²) < 4.78 is 0. The minimum absolute atomic E-state index is 0.243. The zero-order valence-electron chi connectivity index (χ0n) is 13.6. The number of amides is 1. The third kappa shape index (κ3) is 5.04. The Kier molecular flexibility index (Phi) is 6.92. The van der Waals surface area contributed by atoms with Crippen LogP contribution in [0.15, 0.2) is 0 Å². The number of likely N-dealkylation sites (N-methyl/N-ethyl adjacent to an activating group) is 1. The monoisotopic (exact) mass is 284 g/mol. The molecule has 1 aliphatic heterocycles. The maximum atomic E-state index is 11.7. The summed E-state index contributed by atoms with van der Waals surface area (Å²) in [6, 6.07) is 0.632. The summed E-state index contributed by atoms with van der Waals surface area (Å²) in [7, 11) is 4.29. The van der Waals surface area contributed by atoms with E-state index in [1.54, 1.807) is 0 Å². The van der Waals surface area contributed by atoms with Gasteiger partial charge in [-0.05, 0) is 59.8 Å². The standard InChI is InChI=1S/C15H32N4O/c1-5-9-17-15(2,14(16)20)8-11-19-10-6-7-13(12-19)18(3)4/h13,17H,5-12H2,1-4H3,(H2,16,20). The van der Waals surface area contributed by atoms with Gasteiger partial charge in [0.1, 0.15) is 0 Å². The Morgan fingerprint density at radius 2 is 2.20 bits per heavy atom. The van der Waals surface area contributed by atoms with Crippen LogP contribution < -0.4 is 11.1 Å². The summed E-state index contributed by atoms with van der Waals surface area (Å²) in [6.45, 7) is 8.02. The molecule has 3 N–H and O–H groups in total. The van der Waals surface area contributed by atoms with Gasteiger partial charge in [0, 0.05) is 19.1 Å². The minimum Gasteiger partial charge on any atom is -0.368 e. The molecule has 1 rings (SSSR count). The van der Waals surface area contributed by atoms with Gasteiger partial charge in [0.2, 0.25) is 5.91 Å². The quantitative estimate of drug-likeness (QED) is 0.687. The summed E-state index contributed by atoms with van der Waals surface area (Å²) in [6.07, 6.45) is 4.29. The summed E-state index contributed by atoms with van der Waals surface area (Å²) in [5, 5.41) is 3.31. The number of likely N-dealkylation sites (tertiary alicyclic amines) is 1. The van der Waals surface area contributed by atoms with E-state index in [9.17, 15) is 4.79 Å². The van der Waals surface area contributed by atoms with Crippen molar-refractivity contribution in [1.29, 1.82) is 0 Å². The zero-order valence-corrected chi connectivity index (χ0v) is 13.6. The topological polar surface area (TPSA) is 61.6 Å². The lowest BCUT2D eigenvalue weighted by Crippen LogP contribution is -2.55. The minimum atomic E-state index is -0.582. The number of hydrogen-bond donors (Lipinski definition) is 2. The lowest BCUT2D eigenvalue weighted by molar-refractivity contribution is -0.124. The molecule has 20 heavy (non-hydrogen) atoms. The Balaban J connectivity index is 2.48. The number of nitrogens with zero attached hydrogens (tertiary/aromatic N) is 2. The predicted molar refractivity (Wildman–Crippen MR) is 83.7 cm³/mol. The van der Waals surface area contributed by atoms with E-state index in [2.05, 4.69) is 36.1 Å². The van der Waals surface area contributed by atoms with Crippen LogP contribution in [-0.2, 0) is 4.79 Å². The van der Waals surface area contributed by atoms with Crippen molar-refractivity contribution in [3.63, 3.8) is 0 Å². The highest BCUT2D eigenvalue weighted by molar-refractivity contribution is 5.84. The van der Waals surface area contributed by atoms with Crippen molar-refractivity contribution in [3.05, 3.63) is 0 Å². The van der Waals surface area contributed by atoms with Crippen molar-refractivity contribution in [2.45, 2.75) is 51.1 Å². The second-order valence-electron chi connectivity index (χ2n) is 6.43. The Hall–Kier alpha value is -0.650. The van der Waals surface area contributed by atoms with Crippen molar-refractivity contribution < 1.29 is 4.79 Å². The van der Waals surface area contributed by atoms with Crippen molar-refractivity contribution in [2.75, 3.05) is 40.3 Å². The molecule has 1 heterocycles. The third-order valence-corrected chi connectivity index (χ3v) is 4.45. The maximum absolute atomic E-state index is 11.7. The highest BCUT2D eigenvalue weighted by Crippen LogP contribution is 2.17. The van der Waals surface area contributed by atoms with Crippen LogP contribution in [-0.4, -0.2) is 67.6 Å². The van der Waals surface area contributed by atoms with E-state index in [1.807, 2.05) is 6.92 Å². The van der Waals surface area contributed by atoms with E-state index in [1.165, 1.54) is 12.8 Å². The van der Waals surface area contributed by atoms with Gasteiger partial charge in [-0.2, -0.15) is 0 Å². The van der Waals surface area contributed by atoms with Crippen LogP contribution in [0, 0.1) is 0 Å². The van der Waals surface area contributed by atoms with E-state index >= 15 is 0 Å². The molecule has 118 valence electrons. The van der Waals surface area contributed by atoms with Gasteiger partial charge in [-0.15, -0.1) is 0 Å².